The second kappa shape index (κ2) is 6.81. The van der Waals surface area contributed by atoms with E-state index in [-0.39, 0.29) is 4.90 Å². The van der Waals surface area contributed by atoms with E-state index < -0.39 is 9.84 Å². The van der Waals surface area contributed by atoms with Gasteiger partial charge in [0.15, 0.2) is 9.84 Å². The number of aromatic nitrogens is 4. The monoisotopic (exact) mass is 380 g/mol. The smallest absolute Gasteiger partial charge is 0.231 e. The molecule has 0 saturated carbocycles. The van der Waals surface area contributed by atoms with Crippen molar-refractivity contribution in [3.63, 3.8) is 0 Å². The average molecular weight is 380 g/mol. The van der Waals surface area contributed by atoms with Gasteiger partial charge in [-0.3, -0.25) is 0 Å². The number of hydrogen-bond donors (Lipinski definition) is 0. The fraction of sp³-hybridized carbons (Fsp3) is 0.105. The topological polar surface area (TPSA) is 90.9 Å². The molecule has 0 unspecified atom stereocenters. The van der Waals surface area contributed by atoms with E-state index >= 15 is 0 Å². The third-order valence-corrected chi connectivity index (χ3v) is 5.15. The Morgan fingerprint density at radius 2 is 1.78 bits per heavy atom. The molecule has 0 radical (unpaired) electrons. The van der Waals surface area contributed by atoms with Gasteiger partial charge in [0.2, 0.25) is 11.7 Å². The molecule has 136 valence electrons. The summed E-state index contributed by atoms with van der Waals surface area (Å²) in [5, 5.41) is 8.33. The maximum atomic E-state index is 11.5. The number of nitrogens with zero attached hydrogens (tertiary/aromatic N) is 4. The summed E-state index contributed by atoms with van der Waals surface area (Å²) in [7, 11) is -3.23. The highest BCUT2D eigenvalue weighted by molar-refractivity contribution is 7.90. The Morgan fingerprint density at radius 3 is 2.48 bits per heavy atom. The molecule has 0 bridgehead atoms. The molecule has 2 aromatic carbocycles. The number of rotatable bonds is 5. The first-order valence-electron chi connectivity index (χ1n) is 8.21. The van der Waals surface area contributed by atoms with Gasteiger partial charge in [0, 0.05) is 18.0 Å². The van der Waals surface area contributed by atoms with Crippen LogP contribution in [-0.4, -0.2) is 34.6 Å². The van der Waals surface area contributed by atoms with Gasteiger partial charge in [0.1, 0.15) is 0 Å². The lowest BCUT2D eigenvalue weighted by atomic mass is 10.2. The van der Waals surface area contributed by atoms with Crippen molar-refractivity contribution in [2.45, 2.75) is 11.3 Å². The minimum Gasteiger partial charge on any atom is -0.339 e. The van der Waals surface area contributed by atoms with Crippen LogP contribution < -0.4 is 0 Å². The third kappa shape index (κ3) is 3.80. The van der Waals surface area contributed by atoms with E-state index in [1.165, 1.54) is 18.4 Å². The van der Waals surface area contributed by atoms with Crippen LogP contribution in [0.5, 0.6) is 0 Å². The number of para-hydroxylation sites is 1. The molecule has 4 aromatic rings. The molecule has 8 heteroatoms. The van der Waals surface area contributed by atoms with Crippen molar-refractivity contribution in [3.05, 3.63) is 78.4 Å². The minimum absolute atomic E-state index is 0.253. The van der Waals surface area contributed by atoms with E-state index in [0.717, 1.165) is 11.3 Å². The highest BCUT2D eigenvalue weighted by Gasteiger charge is 2.12. The quantitative estimate of drug-likeness (QED) is 0.529. The zero-order valence-corrected chi connectivity index (χ0v) is 15.3. The summed E-state index contributed by atoms with van der Waals surface area (Å²) < 4.78 is 30.2. The summed E-state index contributed by atoms with van der Waals surface area (Å²) in [5.41, 5.74) is 2.61. The Bertz CT molecular complexity index is 1160. The van der Waals surface area contributed by atoms with E-state index in [1.807, 2.05) is 36.5 Å². The molecule has 4 rings (SSSR count). The van der Waals surface area contributed by atoms with Crippen LogP contribution in [0.25, 0.3) is 17.1 Å². The van der Waals surface area contributed by atoms with Crippen LogP contribution in [0.2, 0.25) is 0 Å². The fourth-order valence-corrected chi connectivity index (χ4v) is 3.27. The van der Waals surface area contributed by atoms with Crippen LogP contribution in [0.3, 0.4) is 0 Å². The van der Waals surface area contributed by atoms with Gasteiger partial charge in [-0.25, -0.2) is 13.1 Å². The molecule has 2 heterocycles. The molecule has 7 nitrogen and oxygen atoms in total. The Balaban J connectivity index is 1.51. The number of benzene rings is 2. The Labute approximate surface area is 156 Å². The van der Waals surface area contributed by atoms with Gasteiger partial charge in [-0.05, 0) is 42.0 Å². The van der Waals surface area contributed by atoms with Crippen LogP contribution in [0, 0.1) is 0 Å². The van der Waals surface area contributed by atoms with Crippen molar-refractivity contribution in [1.82, 2.24) is 19.9 Å². The van der Waals surface area contributed by atoms with E-state index in [2.05, 4.69) is 15.2 Å². The highest BCUT2D eigenvalue weighted by Crippen LogP contribution is 2.20. The Kier molecular flexibility index (Phi) is 4.33. The maximum absolute atomic E-state index is 11.5. The standard InChI is InChI=1S/C19H16N4O3S/c1-27(24,25)17-9-7-15(8-10-17)19-21-18(26-22-19)11-14-12-20-23(13-14)16-5-3-2-4-6-16/h2-10,12-13H,11H2,1H3. The number of hydrogen-bond acceptors (Lipinski definition) is 6. The average Bonchev–Trinajstić information content (AvgIpc) is 3.32. The molecular weight excluding hydrogens is 364 g/mol. The Morgan fingerprint density at radius 1 is 1.04 bits per heavy atom. The van der Waals surface area contributed by atoms with Gasteiger partial charge in [-0.2, -0.15) is 10.1 Å². The van der Waals surface area contributed by atoms with Crippen molar-refractivity contribution in [2.75, 3.05) is 6.26 Å². The summed E-state index contributed by atoms with van der Waals surface area (Å²) in [6, 6.07) is 16.2. The van der Waals surface area contributed by atoms with Crippen molar-refractivity contribution in [1.29, 1.82) is 0 Å². The van der Waals surface area contributed by atoms with Crippen molar-refractivity contribution in [3.8, 4) is 17.1 Å². The van der Waals surface area contributed by atoms with Gasteiger partial charge in [-0.1, -0.05) is 23.4 Å². The minimum atomic E-state index is -3.23. The number of sulfone groups is 1. The molecule has 0 aliphatic heterocycles. The van der Waals surface area contributed by atoms with Crippen LogP contribution in [0.15, 0.2) is 76.4 Å². The van der Waals surface area contributed by atoms with Crippen LogP contribution in [-0.2, 0) is 16.3 Å². The SMILES string of the molecule is CS(=O)(=O)c1ccc(-c2noc(Cc3cnn(-c4ccccc4)c3)n2)cc1. The molecule has 2 aromatic heterocycles. The van der Waals surface area contributed by atoms with Crippen molar-refractivity contribution < 1.29 is 12.9 Å². The fourth-order valence-electron chi connectivity index (χ4n) is 2.64. The Hall–Kier alpha value is -3.26. The van der Waals surface area contributed by atoms with Crippen molar-refractivity contribution in [2.24, 2.45) is 0 Å². The summed E-state index contributed by atoms with van der Waals surface area (Å²) in [6.07, 6.45) is 5.31. The van der Waals surface area contributed by atoms with Crippen LogP contribution in [0.4, 0.5) is 0 Å². The summed E-state index contributed by atoms with van der Waals surface area (Å²) in [6.45, 7) is 0. The van der Waals surface area contributed by atoms with Gasteiger partial charge in [0.25, 0.3) is 0 Å². The second-order valence-corrected chi connectivity index (χ2v) is 8.13. The second-order valence-electron chi connectivity index (χ2n) is 6.11. The molecule has 0 aliphatic rings. The lowest BCUT2D eigenvalue weighted by molar-refractivity contribution is 0.385. The molecule has 0 saturated heterocycles. The predicted molar refractivity (Wildman–Crippen MR) is 99.2 cm³/mol. The van der Waals surface area contributed by atoms with Gasteiger partial charge in [0.05, 0.1) is 23.2 Å². The van der Waals surface area contributed by atoms with Gasteiger partial charge in [-0.15, -0.1) is 0 Å². The molecule has 0 aliphatic carbocycles. The van der Waals surface area contributed by atoms with Gasteiger partial charge >= 0.3 is 0 Å². The molecule has 0 atom stereocenters. The third-order valence-electron chi connectivity index (χ3n) is 4.02. The summed E-state index contributed by atoms with van der Waals surface area (Å²) in [4.78, 5) is 4.64. The molecule has 27 heavy (non-hydrogen) atoms. The summed E-state index contributed by atoms with van der Waals surface area (Å²) >= 11 is 0. The molecular formula is C19H16N4O3S. The van der Waals surface area contributed by atoms with E-state index in [4.69, 9.17) is 4.52 Å². The summed E-state index contributed by atoms with van der Waals surface area (Å²) in [5.74, 6) is 0.880. The molecule has 0 fully saturated rings. The van der Waals surface area contributed by atoms with E-state index in [1.54, 1.807) is 23.0 Å². The zero-order chi connectivity index (χ0) is 18.9. The van der Waals surface area contributed by atoms with E-state index in [0.29, 0.717) is 23.7 Å². The lowest BCUT2D eigenvalue weighted by Crippen LogP contribution is -1.96. The largest absolute Gasteiger partial charge is 0.339 e. The van der Waals surface area contributed by atoms with Crippen LogP contribution in [0.1, 0.15) is 11.5 Å². The molecule has 0 amide bonds. The highest BCUT2D eigenvalue weighted by atomic mass is 32.2. The zero-order valence-electron chi connectivity index (χ0n) is 14.5. The lowest BCUT2D eigenvalue weighted by Gasteiger charge is -1.99. The van der Waals surface area contributed by atoms with Crippen LogP contribution >= 0.6 is 0 Å². The first kappa shape index (κ1) is 17.2. The van der Waals surface area contributed by atoms with Crippen molar-refractivity contribution >= 4 is 9.84 Å². The normalized spacial score (nSPS) is 11.6. The maximum Gasteiger partial charge on any atom is 0.231 e. The van der Waals surface area contributed by atoms with E-state index in [9.17, 15) is 8.42 Å². The molecule has 0 spiro atoms. The molecule has 0 N–H and O–H groups in total. The van der Waals surface area contributed by atoms with Gasteiger partial charge < -0.3 is 4.52 Å². The first-order chi connectivity index (χ1) is 13.0. The predicted octanol–water partition coefficient (Wildman–Crippen LogP) is 2.92. The first-order valence-corrected chi connectivity index (χ1v) is 10.1.